The number of nitrogens with zero attached hydrogens (tertiary/aromatic N) is 3. The minimum atomic E-state index is -5.08. The molecule has 0 radical (unpaired) electrons. The number of likely N-dealkylation sites (tertiary alicyclic amines) is 1. The molecule has 17 nitrogen and oxygen atoms in total. The lowest BCUT2D eigenvalue weighted by Gasteiger charge is -2.52. The Labute approximate surface area is 322 Å². The smallest absolute Gasteiger partial charge is 0.475 e. The Balaban J connectivity index is 0.00000126. The predicted octanol–water partition coefficient (Wildman–Crippen LogP) is 2.90. The van der Waals surface area contributed by atoms with E-state index in [4.69, 9.17) is 41.2 Å². The number of carboxylic acid groups (broad SMARTS) is 3. The van der Waals surface area contributed by atoms with E-state index >= 15 is 0 Å². The number of carbonyl (C=O) groups is 6. The van der Waals surface area contributed by atoms with E-state index in [1.807, 2.05) is 0 Å². The van der Waals surface area contributed by atoms with Crippen LogP contribution in [-0.2, 0) is 28.8 Å². The molecule has 3 rings (SSSR count). The molecule has 1 aliphatic heterocycles. The summed E-state index contributed by atoms with van der Waals surface area (Å²) in [5.41, 5.74) is 10.7. The van der Waals surface area contributed by atoms with Crippen molar-refractivity contribution < 1.29 is 88.0 Å². The Morgan fingerprint density at radius 3 is 1.81 bits per heavy atom. The highest BCUT2D eigenvalue weighted by molar-refractivity contribution is 6.39. The predicted molar refractivity (Wildman–Crippen MR) is 180 cm³/mol. The highest BCUT2D eigenvalue weighted by Crippen LogP contribution is 2.40. The lowest BCUT2D eigenvalue weighted by atomic mass is 9.73. The number of aliphatic carboxylic acids is 3. The highest BCUT2D eigenvalue weighted by Gasteiger charge is 2.43. The molecule has 330 valence electrons. The molecule has 1 aliphatic carbocycles. The molecule has 1 saturated heterocycles. The number of nitrogens with two attached hydrogens (primary N) is 2. The van der Waals surface area contributed by atoms with Crippen molar-refractivity contribution in [1.82, 2.24) is 20.5 Å². The fourth-order valence-electron chi connectivity index (χ4n) is 5.38. The van der Waals surface area contributed by atoms with Crippen LogP contribution in [0.5, 0.6) is 0 Å². The van der Waals surface area contributed by atoms with E-state index < -0.39 is 54.1 Å². The zero-order valence-corrected chi connectivity index (χ0v) is 30.3. The number of hydrogen-bond donors (Lipinski definition) is 8. The molecular weight excluding hydrogens is 818 g/mol. The van der Waals surface area contributed by atoms with E-state index in [0.717, 1.165) is 70.3 Å². The second-order valence-corrected chi connectivity index (χ2v) is 12.3. The molecule has 58 heavy (non-hydrogen) atoms. The molecule has 1 unspecified atom stereocenters. The zero-order valence-electron chi connectivity index (χ0n) is 30.3. The van der Waals surface area contributed by atoms with E-state index in [1.165, 1.54) is 12.6 Å². The number of carboxylic acids is 3. The number of rotatable bonds is 10. The van der Waals surface area contributed by atoms with Gasteiger partial charge >= 0.3 is 48.3 Å². The molecule has 3 amide bonds. The number of aliphatic imine (C=N–C) groups is 1. The minimum absolute atomic E-state index is 0.0176. The second kappa shape index (κ2) is 24.3. The lowest BCUT2D eigenvalue weighted by Crippen LogP contribution is -2.60. The summed E-state index contributed by atoms with van der Waals surface area (Å²) in [4.78, 5) is 73.8. The molecule has 1 aromatic rings. The molecule has 2 fully saturated rings. The van der Waals surface area contributed by atoms with Gasteiger partial charge in [0.25, 0.3) is 0 Å². The van der Waals surface area contributed by atoms with Crippen LogP contribution in [0.3, 0.4) is 0 Å². The van der Waals surface area contributed by atoms with Gasteiger partial charge in [-0.15, -0.1) is 0 Å². The molecule has 1 spiro atoms. The third-order valence-electron chi connectivity index (χ3n) is 7.87. The van der Waals surface area contributed by atoms with Gasteiger partial charge in [0.1, 0.15) is 5.82 Å². The van der Waals surface area contributed by atoms with E-state index in [-0.39, 0.29) is 29.1 Å². The van der Waals surface area contributed by atoms with Crippen molar-refractivity contribution in [2.75, 3.05) is 31.5 Å². The summed E-state index contributed by atoms with van der Waals surface area (Å²) in [5.74, 6) is -10.4. The van der Waals surface area contributed by atoms with E-state index in [1.54, 1.807) is 0 Å². The average Bonchev–Trinajstić information content (AvgIpc) is 3.09. The maximum Gasteiger partial charge on any atom is 0.490 e. The molecule has 2 aliphatic rings. The summed E-state index contributed by atoms with van der Waals surface area (Å²) in [6.07, 6.45) is -4.08. The number of unbranched alkanes of at least 4 members (excludes halogenated alkanes) is 1. The summed E-state index contributed by atoms with van der Waals surface area (Å²) in [6, 6.07) is 0.983. The number of anilines is 1. The summed E-state index contributed by atoms with van der Waals surface area (Å²) >= 11 is 0. The van der Waals surface area contributed by atoms with Gasteiger partial charge in [-0.2, -0.15) is 39.5 Å². The number of nitrogens with one attached hydrogen (secondary N) is 3. The Kier molecular flexibility index (Phi) is 22.0. The SMILES string of the molecule is NC(N)=NCCCCC(=O)NCCN1CCC(NC(=O)C(=O)Nc2cncc(F)c2)CC12CCCCC2.O=C(O)C(F)(F)F.O=C(O)C(F)(F)F.O=C(O)C(F)(F)F. The molecular formula is C31H42F10N8O9. The largest absolute Gasteiger partial charge is 0.490 e. The van der Waals surface area contributed by atoms with E-state index in [2.05, 4.69) is 30.8 Å². The van der Waals surface area contributed by atoms with Crippen LogP contribution in [0, 0.1) is 5.82 Å². The van der Waals surface area contributed by atoms with Crippen LogP contribution in [-0.4, -0.2) is 123 Å². The minimum Gasteiger partial charge on any atom is -0.475 e. The quantitative estimate of drug-likeness (QED) is 0.0553. The maximum absolute atomic E-state index is 13.3. The van der Waals surface area contributed by atoms with Gasteiger partial charge in [-0.25, -0.2) is 18.8 Å². The van der Waals surface area contributed by atoms with Crippen LogP contribution in [0.15, 0.2) is 23.5 Å². The second-order valence-electron chi connectivity index (χ2n) is 12.3. The molecule has 1 aromatic heterocycles. The van der Waals surface area contributed by atoms with Crippen LogP contribution in [0.2, 0.25) is 0 Å². The van der Waals surface area contributed by atoms with Gasteiger partial charge in [-0.1, -0.05) is 19.3 Å². The molecule has 1 saturated carbocycles. The fraction of sp³-hybridized carbons (Fsp3) is 0.613. The Bertz CT molecular complexity index is 1490. The van der Waals surface area contributed by atoms with E-state index in [0.29, 0.717) is 25.9 Å². The van der Waals surface area contributed by atoms with Gasteiger partial charge in [0.05, 0.1) is 18.1 Å². The number of carbonyl (C=O) groups excluding carboxylic acids is 3. The number of halogens is 10. The number of aromatic nitrogens is 1. The molecule has 2 heterocycles. The van der Waals surface area contributed by atoms with E-state index in [9.17, 15) is 58.3 Å². The number of amides is 3. The summed E-state index contributed by atoms with van der Waals surface area (Å²) in [5, 5.41) is 29.7. The van der Waals surface area contributed by atoms with Crippen LogP contribution in [0.1, 0.15) is 64.2 Å². The van der Waals surface area contributed by atoms with Gasteiger partial charge in [0.15, 0.2) is 5.96 Å². The standard InChI is InChI=1S/C25H39FN8O3.3C2HF3O2/c26-18-14-20(17-29-16-18)33-23(37)22(36)32-19-7-12-34(25(15-19)8-3-1-4-9-25)13-11-30-21(35)6-2-5-10-31-24(27)28;3*3-2(4,5)1(6)7/h14,16-17,19H,1-13,15H2,(H,30,35)(H,32,36)(H,33,37)(H4,27,28,31);3*(H,6,7). The molecule has 0 aromatic carbocycles. The first-order chi connectivity index (χ1) is 26.6. The molecule has 27 heteroatoms. The third kappa shape index (κ3) is 22.3. The van der Waals surface area contributed by atoms with Gasteiger partial charge < -0.3 is 42.7 Å². The fourth-order valence-corrected chi connectivity index (χ4v) is 5.38. The van der Waals surface area contributed by atoms with Crippen molar-refractivity contribution in [2.45, 2.75) is 94.3 Å². The molecule has 1 atom stereocenters. The van der Waals surface area contributed by atoms with Crippen LogP contribution < -0.4 is 27.4 Å². The topological polar surface area (TPSA) is 280 Å². The lowest BCUT2D eigenvalue weighted by molar-refractivity contribution is -0.193. The highest BCUT2D eigenvalue weighted by atomic mass is 19.4. The van der Waals surface area contributed by atoms with Crippen LogP contribution in [0.25, 0.3) is 0 Å². The van der Waals surface area contributed by atoms with Crippen LogP contribution in [0.4, 0.5) is 49.6 Å². The summed E-state index contributed by atoms with van der Waals surface area (Å²) in [7, 11) is 0. The summed E-state index contributed by atoms with van der Waals surface area (Å²) < 4.78 is 109. The monoisotopic (exact) mass is 860 g/mol. The number of pyridine rings is 1. The van der Waals surface area contributed by atoms with Gasteiger partial charge in [0.2, 0.25) is 5.91 Å². The van der Waals surface area contributed by atoms with Crippen molar-refractivity contribution in [3.8, 4) is 0 Å². The first-order valence-corrected chi connectivity index (χ1v) is 16.8. The first kappa shape index (κ1) is 52.5. The first-order valence-electron chi connectivity index (χ1n) is 16.8. The van der Waals surface area contributed by atoms with Crippen molar-refractivity contribution >= 4 is 47.3 Å². The normalized spacial score (nSPS) is 16.3. The van der Waals surface area contributed by atoms with Crippen molar-refractivity contribution in [2.24, 2.45) is 16.5 Å². The average molecular weight is 861 g/mol. The Morgan fingerprint density at radius 2 is 1.34 bits per heavy atom. The summed E-state index contributed by atoms with van der Waals surface area (Å²) in [6.45, 7) is 2.60. The number of alkyl halides is 9. The van der Waals surface area contributed by atoms with Crippen LogP contribution >= 0.6 is 0 Å². The van der Waals surface area contributed by atoms with Gasteiger partial charge in [-0.3, -0.25) is 29.3 Å². The molecule has 0 bridgehead atoms. The van der Waals surface area contributed by atoms with Crippen molar-refractivity contribution in [3.05, 3.63) is 24.3 Å². The Morgan fingerprint density at radius 1 is 0.828 bits per heavy atom. The van der Waals surface area contributed by atoms with Crippen molar-refractivity contribution in [3.63, 3.8) is 0 Å². The number of piperidine rings is 1. The third-order valence-corrected chi connectivity index (χ3v) is 7.87. The molecule has 10 N–H and O–H groups in total. The zero-order chi connectivity index (χ0) is 44.9. The number of guanidine groups is 1. The van der Waals surface area contributed by atoms with Gasteiger partial charge in [0, 0.05) is 50.2 Å². The number of hydrogen-bond acceptors (Lipinski definition) is 9. The Hall–Kier alpha value is -5.50. The maximum atomic E-state index is 13.3. The van der Waals surface area contributed by atoms with Gasteiger partial charge in [-0.05, 0) is 38.5 Å². The van der Waals surface area contributed by atoms with Crippen molar-refractivity contribution in [1.29, 1.82) is 0 Å².